The maximum Gasteiger partial charge on any atom is 0.238 e. The number of hydrogen-bond donors (Lipinski definition) is 1. The summed E-state index contributed by atoms with van der Waals surface area (Å²) in [7, 11) is -3.22. The van der Waals surface area contributed by atoms with E-state index in [0.29, 0.717) is 13.1 Å². The van der Waals surface area contributed by atoms with Crippen LogP contribution < -0.4 is 5.73 Å². The molecule has 6 heteroatoms. The summed E-state index contributed by atoms with van der Waals surface area (Å²) in [4.78, 5) is 13.1. The van der Waals surface area contributed by atoms with Gasteiger partial charge >= 0.3 is 0 Å². The molecule has 0 heterocycles. The third-order valence-corrected chi connectivity index (χ3v) is 2.83. The van der Waals surface area contributed by atoms with Gasteiger partial charge in [-0.3, -0.25) is 4.79 Å². The summed E-state index contributed by atoms with van der Waals surface area (Å²) in [5, 5.41) is 0. The Labute approximate surface area is 84.2 Å². The summed E-state index contributed by atoms with van der Waals surface area (Å²) >= 11 is 0. The minimum absolute atomic E-state index is 0.229. The number of nitrogens with zero attached hydrogens (tertiary/aromatic N) is 1. The lowest BCUT2D eigenvalue weighted by molar-refractivity contribution is -0.128. The van der Waals surface area contributed by atoms with Crippen LogP contribution >= 0.6 is 0 Å². The Morgan fingerprint density at radius 2 is 2.07 bits per heavy atom. The Morgan fingerprint density at radius 1 is 1.50 bits per heavy atom. The van der Waals surface area contributed by atoms with E-state index in [9.17, 15) is 13.2 Å². The van der Waals surface area contributed by atoms with Gasteiger partial charge in [-0.05, 0) is 12.8 Å². The van der Waals surface area contributed by atoms with E-state index in [2.05, 4.69) is 0 Å². The fourth-order valence-corrected chi connectivity index (χ4v) is 1.96. The van der Waals surface area contributed by atoms with Crippen molar-refractivity contribution in [2.45, 2.75) is 18.9 Å². The lowest BCUT2D eigenvalue weighted by Crippen LogP contribution is -2.40. The lowest BCUT2D eigenvalue weighted by Gasteiger charge is -2.20. The molecule has 0 aromatic heterocycles. The van der Waals surface area contributed by atoms with Crippen LogP contribution in [0.25, 0.3) is 0 Å². The number of amides is 1. The van der Waals surface area contributed by atoms with Gasteiger partial charge in [-0.2, -0.15) is 0 Å². The van der Waals surface area contributed by atoms with Gasteiger partial charge in [0, 0.05) is 25.4 Å². The molecule has 0 spiro atoms. The second-order valence-electron chi connectivity index (χ2n) is 3.68. The van der Waals surface area contributed by atoms with E-state index in [0.717, 1.165) is 19.1 Å². The topological polar surface area (TPSA) is 80.5 Å². The van der Waals surface area contributed by atoms with Gasteiger partial charge in [0.05, 0.1) is 0 Å². The largest absolute Gasteiger partial charge is 0.338 e. The molecule has 0 atom stereocenters. The maximum atomic E-state index is 11.5. The molecule has 0 bridgehead atoms. The Hall–Kier alpha value is -0.620. The summed E-state index contributed by atoms with van der Waals surface area (Å²) in [6.45, 7) is 0.838. The van der Waals surface area contributed by atoms with Gasteiger partial charge in [0.1, 0.15) is 5.75 Å². The summed E-state index contributed by atoms with van der Waals surface area (Å²) in [5.74, 6) is -0.718. The number of hydrogen-bond acceptors (Lipinski definition) is 4. The van der Waals surface area contributed by atoms with Crippen molar-refractivity contribution in [1.82, 2.24) is 4.90 Å². The van der Waals surface area contributed by atoms with E-state index >= 15 is 0 Å². The van der Waals surface area contributed by atoms with E-state index in [1.807, 2.05) is 0 Å². The maximum absolute atomic E-state index is 11.5. The number of rotatable bonds is 5. The molecule has 0 aromatic carbocycles. The number of carbonyl (C=O) groups excluding carboxylic acids is 1. The van der Waals surface area contributed by atoms with Gasteiger partial charge in [-0.25, -0.2) is 8.42 Å². The van der Waals surface area contributed by atoms with Crippen LogP contribution in [0.15, 0.2) is 0 Å². The molecule has 82 valence electrons. The quantitative estimate of drug-likeness (QED) is 0.643. The summed E-state index contributed by atoms with van der Waals surface area (Å²) in [6.07, 6.45) is 3.00. The molecule has 5 nitrogen and oxygen atoms in total. The minimum atomic E-state index is -3.22. The summed E-state index contributed by atoms with van der Waals surface area (Å²) in [5.41, 5.74) is 5.35. The van der Waals surface area contributed by atoms with Crippen LogP contribution in [0.1, 0.15) is 12.8 Å². The first-order chi connectivity index (χ1) is 6.44. The molecule has 1 fully saturated rings. The van der Waals surface area contributed by atoms with E-state index in [4.69, 9.17) is 5.73 Å². The van der Waals surface area contributed by atoms with Crippen LogP contribution in [0.2, 0.25) is 0 Å². The van der Waals surface area contributed by atoms with Crippen molar-refractivity contribution in [1.29, 1.82) is 0 Å². The monoisotopic (exact) mass is 220 g/mol. The van der Waals surface area contributed by atoms with Gasteiger partial charge < -0.3 is 10.6 Å². The first-order valence-electron chi connectivity index (χ1n) is 4.61. The highest BCUT2D eigenvalue weighted by atomic mass is 32.2. The van der Waals surface area contributed by atoms with E-state index in [1.54, 1.807) is 4.90 Å². The van der Waals surface area contributed by atoms with Gasteiger partial charge in [0.25, 0.3) is 0 Å². The zero-order valence-corrected chi connectivity index (χ0v) is 9.09. The Bertz CT molecular complexity index is 309. The normalized spacial score (nSPS) is 16.7. The number of sulfone groups is 1. The highest BCUT2D eigenvalue weighted by Gasteiger charge is 2.32. The van der Waals surface area contributed by atoms with Crippen LogP contribution in [0.4, 0.5) is 0 Å². The zero-order chi connectivity index (χ0) is 10.8. The van der Waals surface area contributed by atoms with Crippen molar-refractivity contribution in [3.63, 3.8) is 0 Å². The lowest BCUT2D eigenvalue weighted by atomic mass is 10.4. The van der Waals surface area contributed by atoms with Crippen molar-refractivity contribution in [2.24, 2.45) is 5.73 Å². The third kappa shape index (κ3) is 3.63. The molecule has 0 saturated heterocycles. The molecule has 0 unspecified atom stereocenters. The third-order valence-electron chi connectivity index (χ3n) is 2.06. The zero-order valence-electron chi connectivity index (χ0n) is 8.27. The van der Waals surface area contributed by atoms with Gasteiger partial charge in [0.2, 0.25) is 5.91 Å². The highest BCUT2D eigenvalue weighted by Crippen LogP contribution is 2.26. The van der Waals surface area contributed by atoms with E-state index in [-0.39, 0.29) is 11.9 Å². The smallest absolute Gasteiger partial charge is 0.238 e. The molecule has 1 aliphatic rings. The fourth-order valence-electron chi connectivity index (χ4n) is 1.34. The molecule has 14 heavy (non-hydrogen) atoms. The molecule has 0 aliphatic heterocycles. The van der Waals surface area contributed by atoms with Gasteiger partial charge in [-0.15, -0.1) is 0 Å². The average Bonchev–Trinajstić information content (AvgIpc) is 2.78. The molecule has 1 aliphatic carbocycles. The Balaban J connectivity index is 2.55. The molecular formula is C8H16N2O3S. The van der Waals surface area contributed by atoms with Gasteiger partial charge in [0.15, 0.2) is 9.84 Å². The fraction of sp³-hybridized carbons (Fsp3) is 0.875. The second kappa shape index (κ2) is 4.27. The van der Waals surface area contributed by atoms with Crippen LogP contribution in [-0.4, -0.2) is 50.4 Å². The average molecular weight is 220 g/mol. The summed E-state index contributed by atoms with van der Waals surface area (Å²) < 4.78 is 21.8. The number of nitrogens with two attached hydrogens (primary N) is 1. The standard InChI is InChI=1S/C8H16N2O3S/c1-14(12,13)6-8(11)10(5-4-9)7-2-3-7/h7H,2-6,9H2,1H3. The SMILES string of the molecule is CS(=O)(=O)CC(=O)N(CCN)C1CC1. The van der Waals surface area contributed by atoms with Crippen LogP contribution in [0.5, 0.6) is 0 Å². The molecular weight excluding hydrogens is 204 g/mol. The molecule has 1 saturated carbocycles. The highest BCUT2D eigenvalue weighted by molar-refractivity contribution is 7.91. The van der Waals surface area contributed by atoms with Crippen molar-refractivity contribution >= 4 is 15.7 Å². The molecule has 1 amide bonds. The first-order valence-corrected chi connectivity index (χ1v) is 6.67. The van der Waals surface area contributed by atoms with E-state index in [1.165, 1.54) is 0 Å². The molecule has 0 radical (unpaired) electrons. The first kappa shape index (κ1) is 11.5. The Morgan fingerprint density at radius 3 is 2.43 bits per heavy atom. The van der Waals surface area contributed by atoms with Crippen LogP contribution in [-0.2, 0) is 14.6 Å². The van der Waals surface area contributed by atoms with Crippen LogP contribution in [0, 0.1) is 0 Å². The van der Waals surface area contributed by atoms with Crippen LogP contribution in [0.3, 0.4) is 0 Å². The predicted octanol–water partition coefficient (Wildman–Crippen LogP) is -1.02. The van der Waals surface area contributed by atoms with E-state index < -0.39 is 15.6 Å². The Kier molecular flexibility index (Phi) is 3.49. The van der Waals surface area contributed by atoms with Crippen molar-refractivity contribution in [2.75, 3.05) is 25.1 Å². The molecule has 2 N–H and O–H groups in total. The molecule has 0 aromatic rings. The van der Waals surface area contributed by atoms with Crippen molar-refractivity contribution < 1.29 is 13.2 Å². The van der Waals surface area contributed by atoms with Gasteiger partial charge in [-0.1, -0.05) is 0 Å². The number of carbonyl (C=O) groups is 1. The predicted molar refractivity (Wildman–Crippen MR) is 53.5 cm³/mol. The van der Waals surface area contributed by atoms with Crippen molar-refractivity contribution in [3.05, 3.63) is 0 Å². The second-order valence-corrected chi connectivity index (χ2v) is 5.82. The summed E-state index contributed by atoms with van der Waals surface area (Å²) in [6, 6.07) is 0.229. The minimum Gasteiger partial charge on any atom is -0.338 e. The van der Waals surface area contributed by atoms with Crippen molar-refractivity contribution in [3.8, 4) is 0 Å². The molecule has 1 rings (SSSR count).